The van der Waals surface area contributed by atoms with Crippen molar-refractivity contribution < 1.29 is 19.0 Å². The fraction of sp³-hybridized carbons (Fsp3) is 0.412. The van der Waals surface area contributed by atoms with E-state index >= 15 is 0 Å². The van der Waals surface area contributed by atoms with Crippen molar-refractivity contribution >= 4 is 22.4 Å². The zero-order valence-electron chi connectivity index (χ0n) is 14.5. The predicted molar refractivity (Wildman–Crippen MR) is 96.3 cm³/mol. The molecule has 0 radical (unpaired) electrons. The van der Waals surface area contributed by atoms with Crippen LogP contribution in [0.25, 0.3) is 0 Å². The van der Waals surface area contributed by atoms with Gasteiger partial charge in [-0.3, -0.25) is 4.79 Å². The molecule has 0 atom stereocenters. The van der Waals surface area contributed by atoms with Gasteiger partial charge in [0.05, 0.1) is 26.9 Å². The van der Waals surface area contributed by atoms with E-state index in [1.54, 1.807) is 36.8 Å². The van der Waals surface area contributed by atoms with Gasteiger partial charge in [0, 0.05) is 37.8 Å². The molecule has 134 valence electrons. The van der Waals surface area contributed by atoms with Gasteiger partial charge in [0.1, 0.15) is 0 Å². The summed E-state index contributed by atoms with van der Waals surface area (Å²) in [5.74, 6) is 1.28. The Hall–Kier alpha value is -2.48. The van der Waals surface area contributed by atoms with Gasteiger partial charge in [-0.1, -0.05) is 0 Å². The highest BCUT2D eigenvalue weighted by Crippen LogP contribution is 2.40. The molecule has 0 saturated carbocycles. The van der Waals surface area contributed by atoms with Crippen LogP contribution in [-0.2, 0) is 0 Å². The Kier molecular flexibility index (Phi) is 5.28. The van der Waals surface area contributed by atoms with Crippen LogP contribution in [-0.4, -0.2) is 63.3 Å². The van der Waals surface area contributed by atoms with Gasteiger partial charge in [0.25, 0.3) is 5.91 Å². The second-order valence-corrected chi connectivity index (χ2v) is 6.35. The van der Waals surface area contributed by atoms with Crippen molar-refractivity contribution in [2.75, 3.05) is 52.4 Å². The number of carbonyl (C=O) groups excluding carboxylic acids is 1. The van der Waals surface area contributed by atoms with E-state index in [0.717, 1.165) is 18.2 Å². The van der Waals surface area contributed by atoms with Crippen molar-refractivity contribution in [2.24, 2.45) is 0 Å². The summed E-state index contributed by atoms with van der Waals surface area (Å²) in [6, 6.07) is 3.44. The van der Waals surface area contributed by atoms with Crippen LogP contribution in [0.1, 0.15) is 10.4 Å². The quantitative estimate of drug-likeness (QED) is 0.811. The van der Waals surface area contributed by atoms with Crippen molar-refractivity contribution in [1.29, 1.82) is 0 Å². The molecule has 0 spiro atoms. The topological polar surface area (TPSA) is 64.1 Å². The lowest BCUT2D eigenvalue weighted by atomic mass is 10.1. The molecule has 1 amide bonds. The van der Waals surface area contributed by atoms with E-state index in [-0.39, 0.29) is 5.91 Å². The van der Waals surface area contributed by atoms with E-state index in [9.17, 15) is 4.79 Å². The lowest BCUT2D eigenvalue weighted by molar-refractivity contribution is 0.0742. The summed E-state index contributed by atoms with van der Waals surface area (Å²) in [6.45, 7) is 2.79. The number of rotatable bonds is 5. The van der Waals surface area contributed by atoms with Crippen LogP contribution < -0.4 is 19.1 Å². The summed E-state index contributed by atoms with van der Waals surface area (Å²) in [5.41, 5.74) is 0.475. The fourth-order valence-electron chi connectivity index (χ4n) is 2.91. The molecule has 2 heterocycles. The monoisotopic (exact) mass is 363 g/mol. The molecule has 3 rings (SSSR count). The molecule has 25 heavy (non-hydrogen) atoms. The zero-order chi connectivity index (χ0) is 17.8. The van der Waals surface area contributed by atoms with Crippen molar-refractivity contribution in [2.45, 2.75) is 0 Å². The Bertz CT molecular complexity index is 728. The molecule has 8 heteroatoms. The van der Waals surface area contributed by atoms with Crippen LogP contribution in [0, 0.1) is 0 Å². The standard InChI is InChI=1S/C17H21N3O4S/c1-22-13-5-4-12(14(23-2)15(13)24-3)16(21)19-7-9-20(10-8-19)17-18-6-11-25-17/h4-6,11H,7-10H2,1-3H3. The SMILES string of the molecule is COc1ccc(C(=O)N2CCN(c3nccs3)CC2)c(OC)c1OC. The Morgan fingerprint density at radius 2 is 1.76 bits per heavy atom. The summed E-state index contributed by atoms with van der Waals surface area (Å²) in [7, 11) is 4.60. The number of hydrogen-bond donors (Lipinski definition) is 0. The lowest BCUT2D eigenvalue weighted by Gasteiger charge is -2.34. The van der Waals surface area contributed by atoms with E-state index in [0.29, 0.717) is 35.9 Å². The Labute approximate surface area is 150 Å². The number of thiazole rings is 1. The lowest BCUT2D eigenvalue weighted by Crippen LogP contribution is -2.48. The smallest absolute Gasteiger partial charge is 0.257 e. The second-order valence-electron chi connectivity index (χ2n) is 5.48. The zero-order valence-corrected chi connectivity index (χ0v) is 15.3. The normalized spacial score (nSPS) is 14.4. The minimum Gasteiger partial charge on any atom is -0.493 e. The van der Waals surface area contributed by atoms with Gasteiger partial charge in [0.2, 0.25) is 5.75 Å². The van der Waals surface area contributed by atoms with Crippen LogP contribution in [0.2, 0.25) is 0 Å². The molecule has 0 N–H and O–H groups in total. The molecule has 0 bridgehead atoms. The second kappa shape index (κ2) is 7.60. The highest BCUT2D eigenvalue weighted by Gasteiger charge is 2.27. The third-order valence-corrected chi connectivity index (χ3v) is 5.02. The van der Waals surface area contributed by atoms with Crippen molar-refractivity contribution in [1.82, 2.24) is 9.88 Å². The third kappa shape index (κ3) is 3.34. The molecule has 1 aromatic heterocycles. The van der Waals surface area contributed by atoms with Crippen LogP contribution in [0.15, 0.2) is 23.7 Å². The maximum Gasteiger partial charge on any atom is 0.257 e. The number of hydrogen-bond acceptors (Lipinski definition) is 7. The van der Waals surface area contributed by atoms with Gasteiger partial charge < -0.3 is 24.0 Å². The summed E-state index contributed by atoms with van der Waals surface area (Å²) < 4.78 is 16.1. The molecule has 0 aliphatic carbocycles. The van der Waals surface area contributed by atoms with Gasteiger partial charge >= 0.3 is 0 Å². The molecule has 1 aromatic carbocycles. The molecule has 1 aliphatic heterocycles. The molecule has 2 aromatic rings. The van der Waals surface area contributed by atoms with Gasteiger partial charge in [0.15, 0.2) is 16.6 Å². The summed E-state index contributed by atoms with van der Waals surface area (Å²) in [5, 5.41) is 2.96. The number of methoxy groups -OCH3 is 3. The number of carbonyl (C=O) groups is 1. The van der Waals surface area contributed by atoms with Crippen LogP contribution >= 0.6 is 11.3 Å². The van der Waals surface area contributed by atoms with Gasteiger partial charge in [-0.25, -0.2) is 4.98 Å². The number of anilines is 1. The maximum absolute atomic E-state index is 13.0. The molecule has 1 aliphatic rings. The van der Waals surface area contributed by atoms with E-state index in [2.05, 4.69) is 9.88 Å². The first-order valence-corrected chi connectivity index (χ1v) is 8.80. The molecule has 0 unspecified atom stereocenters. The minimum absolute atomic E-state index is 0.0726. The van der Waals surface area contributed by atoms with Crippen molar-refractivity contribution in [3.63, 3.8) is 0 Å². The van der Waals surface area contributed by atoms with E-state index < -0.39 is 0 Å². The molecular formula is C17H21N3O4S. The minimum atomic E-state index is -0.0726. The van der Waals surface area contributed by atoms with Crippen LogP contribution in [0.5, 0.6) is 17.2 Å². The number of nitrogens with zero attached hydrogens (tertiary/aromatic N) is 3. The maximum atomic E-state index is 13.0. The molecule has 7 nitrogen and oxygen atoms in total. The van der Waals surface area contributed by atoms with E-state index in [1.807, 2.05) is 10.3 Å². The summed E-state index contributed by atoms with van der Waals surface area (Å²) in [4.78, 5) is 21.3. The van der Waals surface area contributed by atoms with Gasteiger partial charge in [-0.05, 0) is 12.1 Å². The highest BCUT2D eigenvalue weighted by molar-refractivity contribution is 7.13. The van der Waals surface area contributed by atoms with Crippen LogP contribution in [0.4, 0.5) is 5.13 Å². The number of piperazine rings is 1. The number of aromatic nitrogens is 1. The van der Waals surface area contributed by atoms with Crippen LogP contribution in [0.3, 0.4) is 0 Å². The first-order valence-electron chi connectivity index (χ1n) is 7.92. The highest BCUT2D eigenvalue weighted by atomic mass is 32.1. The Morgan fingerprint density at radius 1 is 1.04 bits per heavy atom. The molecular weight excluding hydrogens is 342 g/mol. The predicted octanol–water partition coefficient (Wildman–Crippen LogP) is 2.13. The number of amides is 1. The first-order chi connectivity index (χ1) is 12.2. The summed E-state index contributed by atoms with van der Waals surface area (Å²) >= 11 is 1.61. The van der Waals surface area contributed by atoms with Crippen molar-refractivity contribution in [3.8, 4) is 17.2 Å². The average molecular weight is 363 g/mol. The van der Waals surface area contributed by atoms with E-state index in [4.69, 9.17) is 14.2 Å². The Morgan fingerprint density at radius 3 is 2.32 bits per heavy atom. The Balaban J connectivity index is 1.78. The summed E-state index contributed by atoms with van der Waals surface area (Å²) in [6.07, 6.45) is 1.80. The first kappa shape index (κ1) is 17.3. The average Bonchev–Trinajstić information content (AvgIpc) is 3.21. The number of ether oxygens (including phenoxy) is 3. The van der Waals surface area contributed by atoms with Crippen molar-refractivity contribution in [3.05, 3.63) is 29.3 Å². The van der Waals surface area contributed by atoms with Gasteiger partial charge in [-0.2, -0.15) is 0 Å². The van der Waals surface area contributed by atoms with E-state index in [1.165, 1.54) is 14.2 Å². The third-order valence-electron chi connectivity index (χ3n) is 4.19. The van der Waals surface area contributed by atoms with Gasteiger partial charge in [-0.15, -0.1) is 11.3 Å². The number of benzene rings is 1. The molecule has 1 saturated heterocycles. The molecule has 1 fully saturated rings. The largest absolute Gasteiger partial charge is 0.493 e. The fourth-order valence-corrected chi connectivity index (χ4v) is 3.61.